The number of amides is 1. The monoisotopic (exact) mass is 428 g/mol. The highest BCUT2D eigenvalue weighted by Gasteiger charge is 2.36. The van der Waals surface area contributed by atoms with Crippen LogP contribution in [-0.2, 0) is 12.6 Å². The van der Waals surface area contributed by atoms with Gasteiger partial charge in [0, 0.05) is 17.9 Å². The van der Waals surface area contributed by atoms with E-state index in [4.69, 9.17) is 5.73 Å². The lowest BCUT2D eigenvalue weighted by Crippen LogP contribution is -2.36. The Hall–Kier alpha value is -3.15. The van der Waals surface area contributed by atoms with Crippen molar-refractivity contribution in [1.82, 2.24) is 29.9 Å². The lowest BCUT2D eigenvalue weighted by molar-refractivity contribution is -0.144. The molecule has 0 unspecified atom stereocenters. The number of hydrogen-bond donors (Lipinski definition) is 2. The maximum atomic E-state index is 13.0. The van der Waals surface area contributed by atoms with Gasteiger partial charge in [-0.1, -0.05) is 6.07 Å². The van der Waals surface area contributed by atoms with Gasteiger partial charge in [0.25, 0.3) is 11.9 Å². The Labute approximate surface area is 168 Å². The molecule has 0 saturated heterocycles. The summed E-state index contributed by atoms with van der Waals surface area (Å²) < 4.78 is 39.1. The Bertz CT molecular complexity index is 1060. The first kappa shape index (κ1) is 20.6. The second kappa shape index (κ2) is 7.35. The predicted octanol–water partition coefficient (Wildman–Crippen LogP) is 2.31. The number of aromatic nitrogens is 6. The van der Waals surface area contributed by atoms with Gasteiger partial charge in [-0.25, -0.2) is 4.98 Å². The van der Waals surface area contributed by atoms with Gasteiger partial charge in [0.1, 0.15) is 5.82 Å². The number of anilines is 2. The first-order valence-electron chi connectivity index (χ1n) is 8.38. The lowest BCUT2D eigenvalue weighted by atomic mass is 10.00. The number of alkyl halides is 3. The molecule has 0 bridgehead atoms. The van der Waals surface area contributed by atoms with Crippen LogP contribution >= 0.6 is 12.4 Å². The number of H-pyrrole nitrogens is 1. The highest BCUT2D eigenvalue weighted by atomic mass is 35.5. The van der Waals surface area contributed by atoms with E-state index in [0.29, 0.717) is 17.9 Å². The van der Waals surface area contributed by atoms with Gasteiger partial charge in [0.2, 0.25) is 11.6 Å². The normalized spacial score (nSPS) is 13.7. The molecular formula is C16H16ClF3N8O. The van der Waals surface area contributed by atoms with Crippen molar-refractivity contribution in [2.75, 3.05) is 17.2 Å². The Kier molecular flexibility index (Phi) is 5.22. The molecular weight excluding hydrogens is 413 g/mol. The SMILES string of the molecule is Cc1nc(C(=O)N2CCCc3c(N)cccc32)nn1-c1n[nH]c(C(F)(F)F)n1.Cl. The molecule has 154 valence electrons. The van der Waals surface area contributed by atoms with Gasteiger partial charge in [-0.2, -0.15) is 22.8 Å². The van der Waals surface area contributed by atoms with Crippen molar-refractivity contribution in [1.29, 1.82) is 0 Å². The van der Waals surface area contributed by atoms with Gasteiger partial charge in [-0.05, 0) is 37.5 Å². The van der Waals surface area contributed by atoms with Gasteiger partial charge < -0.3 is 10.6 Å². The summed E-state index contributed by atoms with van der Waals surface area (Å²) in [6.45, 7) is 1.96. The second-order valence-corrected chi connectivity index (χ2v) is 6.28. The predicted molar refractivity (Wildman–Crippen MR) is 99.1 cm³/mol. The Morgan fingerprint density at radius 3 is 2.72 bits per heavy atom. The number of nitrogens with two attached hydrogens (primary N) is 1. The van der Waals surface area contributed by atoms with Crippen molar-refractivity contribution in [3.8, 4) is 5.95 Å². The number of aromatic amines is 1. The van der Waals surface area contributed by atoms with Crippen molar-refractivity contribution in [3.05, 3.63) is 41.2 Å². The molecule has 3 heterocycles. The van der Waals surface area contributed by atoms with Crippen LogP contribution in [0, 0.1) is 6.92 Å². The van der Waals surface area contributed by atoms with E-state index in [2.05, 4.69) is 20.2 Å². The fourth-order valence-electron chi connectivity index (χ4n) is 3.13. The zero-order chi connectivity index (χ0) is 20.1. The van der Waals surface area contributed by atoms with Gasteiger partial charge in [-0.3, -0.25) is 9.89 Å². The van der Waals surface area contributed by atoms with Crippen LogP contribution in [0.2, 0.25) is 0 Å². The first-order valence-corrected chi connectivity index (χ1v) is 8.38. The molecule has 0 spiro atoms. The summed E-state index contributed by atoms with van der Waals surface area (Å²) in [7, 11) is 0. The minimum atomic E-state index is -4.67. The van der Waals surface area contributed by atoms with Crippen LogP contribution in [0.15, 0.2) is 18.2 Å². The molecule has 1 aliphatic rings. The third-order valence-electron chi connectivity index (χ3n) is 4.42. The van der Waals surface area contributed by atoms with Crippen LogP contribution in [0.3, 0.4) is 0 Å². The highest BCUT2D eigenvalue weighted by Crippen LogP contribution is 2.32. The van der Waals surface area contributed by atoms with E-state index in [9.17, 15) is 18.0 Å². The van der Waals surface area contributed by atoms with Crippen LogP contribution in [0.25, 0.3) is 5.95 Å². The fourth-order valence-corrected chi connectivity index (χ4v) is 3.13. The van der Waals surface area contributed by atoms with Crippen LogP contribution < -0.4 is 10.6 Å². The first-order chi connectivity index (χ1) is 13.3. The number of rotatable bonds is 2. The minimum Gasteiger partial charge on any atom is -0.398 e. The molecule has 1 aliphatic heterocycles. The Morgan fingerprint density at radius 1 is 1.28 bits per heavy atom. The number of nitrogens with one attached hydrogen (secondary N) is 1. The smallest absolute Gasteiger partial charge is 0.398 e. The molecule has 0 atom stereocenters. The van der Waals surface area contributed by atoms with Gasteiger partial charge in [0.05, 0.1) is 0 Å². The van der Waals surface area contributed by atoms with E-state index >= 15 is 0 Å². The van der Waals surface area contributed by atoms with Crippen LogP contribution in [-0.4, -0.2) is 42.4 Å². The molecule has 0 aliphatic carbocycles. The Balaban J connectivity index is 0.00000240. The Morgan fingerprint density at radius 2 is 2.03 bits per heavy atom. The molecule has 2 aromatic heterocycles. The van der Waals surface area contributed by atoms with Gasteiger partial charge in [0.15, 0.2) is 0 Å². The molecule has 13 heteroatoms. The van der Waals surface area contributed by atoms with E-state index in [1.165, 1.54) is 11.8 Å². The topological polar surface area (TPSA) is 119 Å². The number of hydrogen-bond acceptors (Lipinski definition) is 6. The fraction of sp³-hybridized carbons (Fsp3) is 0.312. The molecule has 4 rings (SSSR count). The van der Waals surface area contributed by atoms with E-state index in [0.717, 1.165) is 23.1 Å². The summed E-state index contributed by atoms with van der Waals surface area (Å²) in [5.74, 6) is -2.06. The minimum absolute atomic E-state index is 0. The van der Waals surface area contributed by atoms with Crippen LogP contribution in [0.5, 0.6) is 0 Å². The molecule has 0 saturated carbocycles. The number of nitrogen functional groups attached to an aromatic ring is 1. The van der Waals surface area contributed by atoms with Crippen LogP contribution in [0.1, 0.15) is 34.3 Å². The summed E-state index contributed by atoms with van der Waals surface area (Å²) in [4.78, 5) is 21.9. The zero-order valence-corrected chi connectivity index (χ0v) is 15.9. The quantitative estimate of drug-likeness (QED) is 0.604. The van der Waals surface area contributed by atoms with E-state index < -0.39 is 17.9 Å². The summed E-state index contributed by atoms with van der Waals surface area (Å²) >= 11 is 0. The maximum absolute atomic E-state index is 13.0. The number of carbonyl (C=O) groups excluding carboxylic acids is 1. The van der Waals surface area contributed by atoms with Crippen molar-refractivity contribution in [2.45, 2.75) is 25.9 Å². The average molecular weight is 429 g/mol. The number of benzene rings is 1. The van der Waals surface area contributed by atoms with Gasteiger partial charge in [-0.15, -0.1) is 22.6 Å². The number of aryl methyl sites for hydroxylation is 1. The second-order valence-electron chi connectivity index (χ2n) is 6.28. The van der Waals surface area contributed by atoms with E-state index in [1.54, 1.807) is 18.2 Å². The largest absolute Gasteiger partial charge is 0.451 e. The number of fused-ring (bicyclic) bond motifs is 1. The zero-order valence-electron chi connectivity index (χ0n) is 15.1. The van der Waals surface area contributed by atoms with Crippen molar-refractivity contribution in [3.63, 3.8) is 0 Å². The maximum Gasteiger partial charge on any atom is 0.451 e. The standard InChI is InChI=1S/C16H15F3N8O.ClH/c1-8-21-12(25-27(8)15-22-14(23-24-15)16(17,18)19)13(28)26-7-3-4-9-10(20)5-2-6-11(9)26;/h2,5-6H,3-4,7,20H2,1H3,(H,22,23,24);1H. The molecule has 29 heavy (non-hydrogen) atoms. The third kappa shape index (κ3) is 3.62. The summed E-state index contributed by atoms with van der Waals surface area (Å²) in [5.41, 5.74) is 8.16. The summed E-state index contributed by atoms with van der Waals surface area (Å²) in [5, 5.41) is 9.33. The van der Waals surface area contributed by atoms with E-state index in [-0.39, 0.29) is 30.0 Å². The summed E-state index contributed by atoms with van der Waals surface area (Å²) in [6.07, 6.45) is -3.19. The van der Waals surface area contributed by atoms with Crippen molar-refractivity contribution in [2.24, 2.45) is 0 Å². The molecule has 0 fully saturated rings. The van der Waals surface area contributed by atoms with E-state index in [1.807, 2.05) is 5.10 Å². The van der Waals surface area contributed by atoms with Crippen molar-refractivity contribution >= 4 is 29.7 Å². The summed E-state index contributed by atoms with van der Waals surface area (Å²) in [6, 6.07) is 5.31. The highest BCUT2D eigenvalue weighted by molar-refractivity contribution is 6.04. The molecule has 0 radical (unpaired) electrons. The number of nitrogens with zero attached hydrogens (tertiary/aromatic N) is 6. The molecule has 3 aromatic rings. The molecule has 1 amide bonds. The third-order valence-corrected chi connectivity index (χ3v) is 4.42. The number of carbonyl (C=O) groups is 1. The lowest BCUT2D eigenvalue weighted by Gasteiger charge is -2.29. The van der Waals surface area contributed by atoms with Crippen molar-refractivity contribution < 1.29 is 18.0 Å². The van der Waals surface area contributed by atoms with Gasteiger partial charge >= 0.3 is 6.18 Å². The average Bonchev–Trinajstić information content (AvgIpc) is 3.27. The molecule has 1 aromatic carbocycles. The van der Waals surface area contributed by atoms with Crippen LogP contribution in [0.4, 0.5) is 24.5 Å². The molecule has 3 N–H and O–H groups in total. The molecule has 9 nitrogen and oxygen atoms in total. The number of halogens is 4.